The van der Waals surface area contributed by atoms with Crippen LogP contribution in [0.1, 0.15) is 12.5 Å². The second kappa shape index (κ2) is 5.14. The van der Waals surface area contributed by atoms with E-state index in [-0.39, 0.29) is 5.56 Å². The van der Waals surface area contributed by atoms with Crippen LogP contribution in [0, 0.1) is 0 Å². The lowest BCUT2D eigenvalue weighted by Crippen LogP contribution is -2.20. The molecule has 1 aromatic heterocycles. The molecule has 0 fully saturated rings. The topological polar surface area (TPSA) is 48.3 Å². The summed E-state index contributed by atoms with van der Waals surface area (Å²) < 4.78 is 6.00. The number of aryl methyl sites for hydroxylation is 1. The third-order valence-electron chi connectivity index (χ3n) is 1.99. The summed E-state index contributed by atoms with van der Waals surface area (Å²) in [5.41, 5.74) is 0.366. The maximum Gasteiger partial charge on any atom is 0.330 e. The predicted octanol–water partition coefficient (Wildman–Crippen LogP) is 1.05. The van der Waals surface area contributed by atoms with E-state index in [9.17, 15) is 9.59 Å². The van der Waals surface area contributed by atoms with Gasteiger partial charge in [0.2, 0.25) is 0 Å². The van der Waals surface area contributed by atoms with E-state index >= 15 is 0 Å². The summed E-state index contributed by atoms with van der Waals surface area (Å²) in [5, 5.41) is 0. The number of methoxy groups -OCH3 is 1. The minimum atomic E-state index is -0.471. The molecular formula is C11H13NO3. The van der Waals surface area contributed by atoms with Crippen molar-refractivity contribution in [2.24, 2.45) is 0 Å². The Balaban J connectivity index is 3.01. The molecule has 80 valence electrons. The first kappa shape index (κ1) is 11.2. The number of ether oxygens (including phenoxy) is 1. The van der Waals surface area contributed by atoms with Gasteiger partial charge in [-0.3, -0.25) is 4.79 Å². The van der Waals surface area contributed by atoms with Crippen molar-refractivity contribution >= 4 is 12.0 Å². The van der Waals surface area contributed by atoms with Gasteiger partial charge in [-0.1, -0.05) is 0 Å². The Morgan fingerprint density at radius 2 is 2.33 bits per heavy atom. The number of carbonyl (C=O) groups excluding carboxylic acids is 1. The summed E-state index contributed by atoms with van der Waals surface area (Å²) in [6, 6.07) is 3.43. The van der Waals surface area contributed by atoms with Gasteiger partial charge >= 0.3 is 5.97 Å². The zero-order chi connectivity index (χ0) is 11.3. The Kier molecular flexibility index (Phi) is 3.85. The van der Waals surface area contributed by atoms with Crippen LogP contribution in [-0.4, -0.2) is 17.6 Å². The summed E-state index contributed by atoms with van der Waals surface area (Å²) in [7, 11) is 1.29. The first-order chi connectivity index (χ1) is 7.19. The van der Waals surface area contributed by atoms with Gasteiger partial charge in [0.25, 0.3) is 5.56 Å². The minimum Gasteiger partial charge on any atom is -0.466 e. The number of esters is 1. The molecule has 1 heterocycles. The number of aromatic nitrogens is 1. The van der Waals surface area contributed by atoms with Gasteiger partial charge in [0.15, 0.2) is 0 Å². The molecule has 1 rings (SSSR count). The number of hydrogen-bond acceptors (Lipinski definition) is 3. The number of rotatable bonds is 3. The molecule has 0 aliphatic heterocycles. The third-order valence-corrected chi connectivity index (χ3v) is 1.99. The van der Waals surface area contributed by atoms with Crippen LogP contribution in [-0.2, 0) is 16.1 Å². The number of hydrogen-bond donors (Lipinski definition) is 0. The second-order valence-corrected chi connectivity index (χ2v) is 2.91. The lowest BCUT2D eigenvalue weighted by Gasteiger charge is -2.01. The summed E-state index contributed by atoms with van der Waals surface area (Å²) in [6.45, 7) is 2.49. The van der Waals surface area contributed by atoms with Gasteiger partial charge in [-0.15, -0.1) is 0 Å². The molecule has 0 unspecified atom stereocenters. The van der Waals surface area contributed by atoms with Gasteiger partial charge in [-0.2, -0.15) is 0 Å². The van der Waals surface area contributed by atoms with Crippen molar-refractivity contribution in [1.29, 1.82) is 0 Å². The van der Waals surface area contributed by atoms with Gasteiger partial charge in [0.1, 0.15) is 0 Å². The van der Waals surface area contributed by atoms with Crippen molar-refractivity contribution in [2.75, 3.05) is 7.11 Å². The van der Waals surface area contributed by atoms with E-state index in [0.29, 0.717) is 12.1 Å². The van der Waals surface area contributed by atoms with E-state index in [1.165, 1.54) is 19.3 Å². The molecule has 0 radical (unpaired) electrons. The van der Waals surface area contributed by atoms with Crippen molar-refractivity contribution in [2.45, 2.75) is 13.5 Å². The highest BCUT2D eigenvalue weighted by molar-refractivity contribution is 5.86. The molecule has 0 amide bonds. The number of nitrogens with zero attached hydrogens (tertiary/aromatic N) is 1. The molecule has 1 aromatic rings. The molecule has 0 saturated heterocycles. The maximum absolute atomic E-state index is 11.7. The second-order valence-electron chi connectivity index (χ2n) is 2.91. The molecule has 0 aliphatic carbocycles. The van der Waals surface area contributed by atoms with Crippen molar-refractivity contribution in [3.8, 4) is 0 Å². The van der Waals surface area contributed by atoms with Crippen LogP contribution in [0.25, 0.3) is 6.08 Å². The summed E-state index contributed by atoms with van der Waals surface area (Å²) >= 11 is 0. The number of pyridine rings is 1. The summed E-state index contributed by atoms with van der Waals surface area (Å²) in [5.74, 6) is -0.471. The molecule has 4 nitrogen and oxygen atoms in total. The standard InChI is InChI=1S/C11H13NO3/c1-3-12-8-4-5-9(11(12)14)6-7-10(13)15-2/h4-8H,3H2,1-2H3/b7-6+. The monoisotopic (exact) mass is 207 g/mol. The van der Waals surface area contributed by atoms with Gasteiger partial charge in [-0.05, 0) is 25.1 Å². The fraction of sp³-hybridized carbons (Fsp3) is 0.273. The lowest BCUT2D eigenvalue weighted by molar-refractivity contribution is -0.134. The number of carbonyl (C=O) groups is 1. The van der Waals surface area contributed by atoms with E-state index in [0.717, 1.165) is 0 Å². The van der Waals surface area contributed by atoms with Gasteiger partial charge in [0, 0.05) is 24.4 Å². The molecular weight excluding hydrogens is 194 g/mol. The SMILES string of the molecule is CCn1cccc(/C=C/C(=O)OC)c1=O. The Morgan fingerprint density at radius 1 is 1.60 bits per heavy atom. The van der Waals surface area contributed by atoms with E-state index in [4.69, 9.17) is 0 Å². The van der Waals surface area contributed by atoms with Crippen LogP contribution in [0.2, 0.25) is 0 Å². The Hall–Kier alpha value is -1.84. The highest BCUT2D eigenvalue weighted by Gasteiger charge is 1.99. The van der Waals surface area contributed by atoms with Crippen LogP contribution in [0.3, 0.4) is 0 Å². The smallest absolute Gasteiger partial charge is 0.330 e. The van der Waals surface area contributed by atoms with Crippen LogP contribution >= 0.6 is 0 Å². The van der Waals surface area contributed by atoms with Gasteiger partial charge < -0.3 is 9.30 Å². The molecule has 0 atom stereocenters. The Labute approximate surface area is 87.8 Å². The Bertz CT molecular complexity index is 432. The summed E-state index contributed by atoms with van der Waals surface area (Å²) in [4.78, 5) is 22.5. The fourth-order valence-electron chi connectivity index (χ4n) is 1.16. The largest absolute Gasteiger partial charge is 0.466 e. The normalized spacial score (nSPS) is 10.5. The molecule has 15 heavy (non-hydrogen) atoms. The lowest BCUT2D eigenvalue weighted by atomic mass is 10.2. The fourth-order valence-corrected chi connectivity index (χ4v) is 1.16. The first-order valence-electron chi connectivity index (χ1n) is 4.64. The van der Waals surface area contributed by atoms with Crippen molar-refractivity contribution in [3.63, 3.8) is 0 Å². The minimum absolute atomic E-state index is 0.111. The zero-order valence-corrected chi connectivity index (χ0v) is 8.77. The first-order valence-corrected chi connectivity index (χ1v) is 4.64. The van der Waals surface area contributed by atoms with E-state index in [1.807, 2.05) is 6.92 Å². The zero-order valence-electron chi connectivity index (χ0n) is 8.77. The quantitative estimate of drug-likeness (QED) is 0.550. The molecule has 0 saturated carbocycles. The molecule has 0 N–H and O–H groups in total. The summed E-state index contributed by atoms with van der Waals surface area (Å²) in [6.07, 6.45) is 4.40. The molecule has 0 aliphatic rings. The van der Waals surface area contributed by atoms with Crippen LogP contribution in [0.5, 0.6) is 0 Å². The maximum atomic E-state index is 11.7. The van der Waals surface area contributed by atoms with Crippen LogP contribution < -0.4 is 5.56 Å². The molecule has 0 spiro atoms. The van der Waals surface area contributed by atoms with E-state index in [2.05, 4.69) is 4.74 Å². The van der Waals surface area contributed by atoms with Crippen LogP contribution in [0.15, 0.2) is 29.2 Å². The third kappa shape index (κ3) is 2.80. The molecule has 4 heteroatoms. The van der Waals surface area contributed by atoms with Gasteiger partial charge in [-0.25, -0.2) is 4.79 Å². The van der Waals surface area contributed by atoms with Gasteiger partial charge in [0.05, 0.1) is 7.11 Å². The van der Waals surface area contributed by atoms with Crippen molar-refractivity contribution in [3.05, 3.63) is 40.3 Å². The highest BCUT2D eigenvalue weighted by atomic mass is 16.5. The average Bonchev–Trinajstić information content (AvgIpc) is 2.27. The van der Waals surface area contributed by atoms with E-state index < -0.39 is 5.97 Å². The highest BCUT2D eigenvalue weighted by Crippen LogP contribution is 1.95. The average molecular weight is 207 g/mol. The van der Waals surface area contributed by atoms with E-state index in [1.54, 1.807) is 22.9 Å². The van der Waals surface area contributed by atoms with Crippen LogP contribution in [0.4, 0.5) is 0 Å². The predicted molar refractivity (Wildman–Crippen MR) is 57.4 cm³/mol. The molecule has 0 bridgehead atoms. The molecule has 0 aromatic carbocycles. The van der Waals surface area contributed by atoms with Crippen molar-refractivity contribution in [1.82, 2.24) is 4.57 Å². The van der Waals surface area contributed by atoms with Crippen molar-refractivity contribution < 1.29 is 9.53 Å². The Morgan fingerprint density at radius 3 is 2.93 bits per heavy atom.